The van der Waals surface area contributed by atoms with Crippen molar-refractivity contribution in [3.63, 3.8) is 0 Å². The van der Waals surface area contributed by atoms with Crippen LogP contribution < -0.4 is 0 Å². The molecule has 1 heterocycles. The van der Waals surface area contributed by atoms with E-state index in [1.165, 1.54) is 0 Å². The van der Waals surface area contributed by atoms with Gasteiger partial charge < -0.3 is 4.42 Å². The Morgan fingerprint density at radius 3 is 1.79 bits per heavy atom. The molecule has 0 aliphatic heterocycles. The highest BCUT2D eigenvalue weighted by molar-refractivity contribution is 6.20. The van der Waals surface area contributed by atoms with Gasteiger partial charge in [-0.25, -0.2) is 0 Å². The third kappa shape index (κ3) is 4.11. The second-order valence-electron chi connectivity index (χ2n) is 11.6. The molecule has 0 spiro atoms. The van der Waals surface area contributed by atoms with E-state index in [1.54, 1.807) is 12.1 Å². The lowest BCUT2D eigenvalue weighted by Gasteiger charge is -2.20. The molecule has 0 radical (unpaired) electrons. The minimum absolute atomic E-state index is 0.0674. The lowest BCUT2D eigenvalue weighted by atomic mass is 9.83. The normalized spacial score (nSPS) is 16.2. The van der Waals surface area contributed by atoms with Crippen LogP contribution in [-0.2, 0) is 6.42 Å². The maximum Gasteiger partial charge on any atom is 0.136 e. The Balaban J connectivity index is 1.36. The summed E-state index contributed by atoms with van der Waals surface area (Å²) in [5, 5.41) is 2.27. The van der Waals surface area contributed by atoms with Crippen LogP contribution in [0, 0.1) is 0 Å². The number of fused-ring (bicyclic) bond motifs is 7. The quantitative estimate of drug-likeness (QED) is 0.177. The van der Waals surface area contributed by atoms with Crippen molar-refractivity contribution in [2.24, 2.45) is 0 Å². The Morgan fingerprint density at radius 1 is 0.438 bits per heavy atom. The van der Waals surface area contributed by atoms with Crippen molar-refractivity contribution < 1.29 is 25.0 Å². The minimum Gasteiger partial charge on any atom is -0.456 e. The molecule has 1 nitrogen and oxygen atoms in total. The van der Waals surface area contributed by atoms with Gasteiger partial charge in [0.2, 0.25) is 0 Å². The van der Waals surface area contributed by atoms with E-state index in [1.807, 2.05) is 66.7 Å². The summed E-state index contributed by atoms with van der Waals surface area (Å²) in [7, 11) is 0. The fraction of sp³-hybridized carbons (Fsp3) is 0.0213. The van der Waals surface area contributed by atoms with E-state index < -0.39 is 97.1 Å². The standard InChI is InChI=1S/C47H30O/c1-2-15-33-30(12-1)13-11-14-31(33)28-44-37-18-5-7-21-41(37)47(42-22-8-6-19-38(42)44)43-27-26-34(35-16-3-4-17-36(35)43)32-24-25-40-39-20-9-10-23-45(39)48-46(40)29-32/h1-27,29H,28H2/i1D,2D,5D,6D,7D,8D,11D,12D,13D,14D,15D,18D,19D,21D,22D. The van der Waals surface area contributed by atoms with Gasteiger partial charge in [-0.3, -0.25) is 0 Å². The molecule has 1 heteroatoms. The molecular formula is C47H30O. The van der Waals surface area contributed by atoms with Gasteiger partial charge in [-0.2, -0.15) is 0 Å². The number of para-hydroxylation sites is 1. The smallest absolute Gasteiger partial charge is 0.136 e. The monoisotopic (exact) mass is 625 g/mol. The van der Waals surface area contributed by atoms with E-state index in [2.05, 4.69) is 0 Å². The van der Waals surface area contributed by atoms with Crippen LogP contribution >= 0.6 is 0 Å². The van der Waals surface area contributed by atoms with Gasteiger partial charge in [0.15, 0.2) is 0 Å². The molecule has 9 aromatic carbocycles. The number of rotatable bonds is 4. The Bertz CT molecular complexity index is 3640. The summed E-state index contributed by atoms with van der Waals surface area (Å²) >= 11 is 0. The zero-order valence-corrected chi connectivity index (χ0v) is 25.1. The lowest BCUT2D eigenvalue weighted by molar-refractivity contribution is 0.669. The molecule has 0 unspecified atom stereocenters. The third-order valence-electron chi connectivity index (χ3n) is 9.11. The summed E-state index contributed by atoms with van der Waals surface area (Å²) in [4.78, 5) is 0. The zero-order chi connectivity index (χ0) is 44.7. The molecule has 10 aromatic rings. The maximum absolute atomic E-state index is 9.46. The van der Waals surface area contributed by atoms with Crippen LogP contribution in [-0.4, -0.2) is 0 Å². The molecule has 0 saturated heterocycles. The van der Waals surface area contributed by atoms with Crippen molar-refractivity contribution in [2.45, 2.75) is 6.42 Å². The molecule has 0 atom stereocenters. The molecule has 0 aliphatic rings. The van der Waals surface area contributed by atoms with Crippen molar-refractivity contribution in [3.05, 3.63) is 181 Å². The molecule has 10 rings (SSSR count). The highest BCUT2D eigenvalue weighted by Gasteiger charge is 2.19. The van der Waals surface area contributed by atoms with Crippen LogP contribution in [0.1, 0.15) is 31.7 Å². The van der Waals surface area contributed by atoms with Crippen molar-refractivity contribution >= 4 is 65.0 Å². The number of hydrogen-bond donors (Lipinski definition) is 0. The SMILES string of the molecule is [2H]c1c([2H])c([2H])c2c(Cc3c4c([2H])c([2H])c([2H])c([2H])c4c(-c4ccc(-c5ccc6c(c5)oc5ccccc56)c5ccccc45)c4c([2H])c([2H])c([2H])c([2H])c34)c([2H])c([2H])c([2H])c2c1[2H]. The van der Waals surface area contributed by atoms with Crippen LogP contribution in [0.4, 0.5) is 0 Å². The van der Waals surface area contributed by atoms with Gasteiger partial charge in [-0.1, -0.05) is 151 Å². The molecule has 0 N–H and O–H groups in total. The summed E-state index contributed by atoms with van der Waals surface area (Å²) in [6.45, 7) is 0. The van der Waals surface area contributed by atoms with Crippen LogP contribution in [0.15, 0.2) is 174 Å². The molecule has 0 aliphatic carbocycles. The molecule has 0 bridgehead atoms. The molecule has 0 fully saturated rings. The van der Waals surface area contributed by atoms with Crippen molar-refractivity contribution in [1.82, 2.24) is 0 Å². The fourth-order valence-electron chi connectivity index (χ4n) is 6.98. The minimum atomic E-state index is -0.660. The van der Waals surface area contributed by atoms with Crippen LogP contribution in [0.3, 0.4) is 0 Å². The van der Waals surface area contributed by atoms with E-state index in [-0.39, 0.29) is 49.0 Å². The molecule has 0 saturated carbocycles. The molecule has 0 amide bonds. The van der Waals surface area contributed by atoms with Gasteiger partial charge in [-0.05, 0) is 101 Å². The van der Waals surface area contributed by atoms with E-state index in [0.29, 0.717) is 16.5 Å². The second-order valence-corrected chi connectivity index (χ2v) is 11.6. The van der Waals surface area contributed by atoms with Crippen molar-refractivity contribution in [3.8, 4) is 22.3 Å². The largest absolute Gasteiger partial charge is 0.456 e. The van der Waals surface area contributed by atoms with Gasteiger partial charge in [0, 0.05) is 10.8 Å². The zero-order valence-electron chi connectivity index (χ0n) is 40.1. The second kappa shape index (κ2) is 10.7. The summed E-state index contributed by atoms with van der Waals surface area (Å²) in [5.74, 6) is 0. The highest BCUT2D eigenvalue weighted by atomic mass is 16.3. The van der Waals surface area contributed by atoms with Gasteiger partial charge >= 0.3 is 0 Å². The van der Waals surface area contributed by atoms with Crippen molar-refractivity contribution in [1.29, 1.82) is 0 Å². The average Bonchev–Trinajstić information content (AvgIpc) is 3.67. The summed E-state index contributed by atoms with van der Waals surface area (Å²) in [6.07, 6.45) is -0.564. The van der Waals surface area contributed by atoms with Gasteiger partial charge in [0.25, 0.3) is 0 Å². The van der Waals surface area contributed by atoms with Crippen LogP contribution in [0.2, 0.25) is 0 Å². The van der Waals surface area contributed by atoms with E-state index in [0.717, 1.165) is 32.9 Å². The molecule has 224 valence electrons. The fourth-order valence-corrected chi connectivity index (χ4v) is 6.98. The first-order valence-electron chi connectivity index (χ1n) is 22.9. The van der Waals surface area contributed by atoms with Crippen LogP contribution in [0.25, 0.3) is 87.3 Å². The number of furan rings is 1. The number of benzene rings is 9. The van der Waals surface area contributed by atoms with Gasteiger partial charge in [-0.15, -0.1) is 0 Å². The Labute approximate surface area is 299 Å². The molecule has 48 heavy (non-hydrogen) atoms. The van der Waals surface area contributed by atoms with Crippen LogP contribution in [0.5, 0.6) is 0 Å². The van der Waals surface area contributed by atoms with Gasteiger partial charge in [0.05, 0.1) is 20.6 Å². The first-order valence-corrected chi connectivity index (χ1v) is 15.4. The lowest BCUT2D eigenvalue weighted by Crippen LogP contribution is -1.97. The summed E-state index contributed by atoms with van der Waals surface area (Å²) in [5.41, 5.74) is 3.31. The summed E-state index contributed by atoms with van der Waals surface area (Å²) in [6, 6.07) is 15.8. The maximum atomic E-state index is 9.46. The topological polar surface area (TPSA) is 13.1 Å². The highest BCUT2D eigenvalue weighted by Crippen LogP contribution is 2.45. The van der Waals surface area contributed by atoms with E-state index in [9.17, 15) is 5.48 Å². The number of hydrogen-bond acceptors (Lipinski definition) is 1. The first kappa shape index (κ1) is 16.1. The Kier molecular flexibility index (Phi) is 3.58. The Morgan fingerprint density at radius 2 is 1.02 bits per heavy atom. The predicted octanol–water partition coefficient (Wildman–Crippen LogP) is 13.1. The summed E-state index contributed by atoms with van der Waals surface area (Å²) < 4.78 is 140. The average molecular weight is 626 g/mol. The van der Waals surface area contributed by atoms with Gasteiger partial charge in [0.1, 0.15) is 11.2 Å². The first-order chi connectivity index (χ1) is 30.0. The van der Waals surface area contributed by atoms with E-state index >= 15 is 0 Å². The molecular weight excluding hydrogens is 581 g/mol. The van der Waals surface area contributed by atoms with Crippen molar-refractivity contribution in [2.75, 3.05) is 0 Å². The van der Waals surface area contributed by atoms with E-state index in [4.69, 9.17) is 19.5 Å². The predicted molar refractivity (Wildman–Crippen MR) is 204 cm³/mol. The third-order valence-corrected chi connectivity index (χ3v) is 9.11. The Hall–Kier alpha value is -6.18. The molecule has 1 aromatic heterocycles.